The molecule has 188 valence electrons. The molecule has 0 aliphatic carbocycles. The maximum Gasteiger partial charge on any atom is 0.259 e. The first-order valence-corrected chi connectivity index (χ1v) is 11.8. The van der Waals surface area contributed by atoms with Crippen LogP contribution in [0.3, 0.4) is 0 Å². The monoisotopic (exact) mass is 499 g/mol. The van der Waals surface area contributed by atoms with Gasteiger partial charge in [0, 0.05) is 22.9 Å². The van der Waals surface area contributed by atoms with E-state index in [1.54, 1.807) is 4.68 Å². The Labute approximate surface area is 213 Å². The Bertz CT molecular complexity index is 1370. The number of para-hydroxylation sites is 1. The number of halogens is 1. The van der Waals surface area contributed by atoms with Crippen LogP contribution in [0.15, 0.2) is 90.2 Å². The van der Waals surface area contributed by atoms with Gasteiger partial charge in [-0.25, -0.2) is 14.5 Å². The molecular formula is C28H26FN5O3. The molecule has 0 fully saturated rings. The lowest BCUT2D eigenvalue weighted by Crippen LogP contribution is -2.34. The van der Waals surface area contributed by atoms with Crippen LogP contribution in [-0.4, -0.2) is 41.0 Å². The number of hydrogen-bond acceptors (Lipinski definition) is 5. The smallest absolute Gasteiger partial charge is 0.259 e. The number of hydrazone groups is 1. The van der Waals surface area contributed by atoms with Crippen molar-refractivity contribution in [1.29, 1.82) is 0 Å². The molecule has 37 heavy (non-hydrogen) atoms. The molecule has 2 amide bonds. The predicted octanol–water partition coefficient (Wildman–Crippen LogP) is 4.35. The lowest BCUT2D eigenvalue weighted by molar-refractivity contribution is -0.120. The van der Waals surface area contributed by atoms with Crippen molar-refractivity contribution in [3.05, 3.63) is 102 Å². The van der Waals surface area contributed by atoms with Crippen LogP contribution in [0.2, 0.25) is 0 Å². The number of carbonyl (C=O) groups excluding carboxylic acids is 2. The van der Waals surface area contributed by atoms with E-state index in [-0.39, 0.29) is 12.1 Å². The third-order valence-electron chi connectivity index (χ3n) is 5.27. The van der Waals surface area contributed by atoms with E-state index in [2.05, 4.69) is 22.8 Å². The van der Waals surface area contributed by atoms with Crippen LogP contribution in [0.25, 0.3) is 16.9 Å². The first-order chi connectivity index (χ1) is 18.0. The molecule has 0 unspecified atom stereocenters. The van der Waals surface area contributed by atoms with E-state index in [9.17, 15) is 14.0 Å². The number of nitrogens with one attached hydrogen (secondary N) is 2. The van der Waals surface area contributed by atoms with Gasteiger partial charge >= 0.3 is 0 Å². The van der Waals surface area contributed by atoms with E-state index in [0.717, 1.165) is 23.4 Å². The minimum Gasteiger partial charge on any atom is -0.494 e. The molecule has 0 spiro atoms. The summed E-state index contributed by atoms with van der Waals surface area (Å²) >= 11 is 0. The minimum atomic E-state index is -0.513. The number of hydrogen-bond donors (Lipinski definition) is 2. The Morgan fingerprint density at radius 2 is 1.76 bits per heavy atom. The number of ether oxygens (including phenoxy) is 1. The van der Waals surface area contributed by atoms with Gasteiger partial charge in [-0.1, -0.05) is 25.1 Å². The van der Waals surface area contributed by atoms with Crippen molar-refractivity contribution in [3.63, 3.8) is 0 Å². The van der Waals surface area contributed by atoms with Gasteiger partial charge in [0.05, 0.1) is 25.1 Å². The lowest BCUT2D eigenvalue weighted by atomic mass is 10.1. The molecule has 0 radical (unpaired) electrons. The predicted molar refractivity (Wildman–Crippen MR) is 139 cm³/mol. The molecule has 1 aromatic heterocycles. The molecule has 3 aromatic carbocycles. The summed E-state index contributed by atoms with van der Waals surface area (Å²) in [7, 11) is 0. The number of rotatable bonds is 10. The quantitative estimate of drug-likeness (QED) is 0.250. The fourth-order valence-corrected chi connectivity index (χ4v) is 3.43. The summed E-state index contributed by atoms with van der Waals surface area (Å²) in [5.74, 6) is -0.671. The fraction of sp³-hybridized carbons (Fsp3) is 0.143. The van der Waals surface area contributed by atoms with Crippen molar-refractivity contribution in [2.75, 3.05) is 13.2 Å². The first kappa shape index (κ1) is 25.3. The Balaban J connectivity index is 1.46. The van der Waals surface area contributed by atoms with E-state index >= 15 is 0 Å². The molecule has 1 heterocycles. The average Bonchev–Trinajstić information content (AvgIpc) is 3.36. The topological polar surface area (TPSA) is 97.6 Å². The second kappa shape index (κ2) is 12.3. The highest BCUT2D eigenvalue weighted by atomic mass is 19.1. The van der Waals surface area contributed by atoms with Crippen LogP contribution < -0.4 is 15.5 Å². The van der Waals surface area contributed by atoms with Gasteiger partial charge in [-0.2, -0.15) is 10.2 Å². The zero-order valence-corrected chi connectivity index (χ0v) is 20.2. The van der Waals surface area contributed by atoms with Crippen LogP contribution in [-0.2, 0) is 4.79 Å². The van der Waals surface area contributed by atoms with Crippen LogP contribution in [0.5, 0.6) is 5.75 Å². The van der Waals surface area contributed by atoms with E-state index in [4.69, 9.17) is 9.84 Å². The Morgan fingerprint density at radius 1 is 1.03 bits per heavy atom. The van der Waals surface area contributed by atoms with Crippen LogP contribution in [0.1, 0.15) is 29.3 Å². The number of benzene rings is 3. The number of nitrogens with zero attached hydrogens (tertiary/aromatic N) is 3. The minimum absolute atomic E-state index is 0.252. The van der Waals surface area contributed by atoms with Crippen molar-refractivity contribution in [3.8, 4) is 22.7 Å². The summed E-state index contributed by atoms with van der Waals surface area (Å²) in [6, 6.07) is 22.3. The zero-order valence-electron chi connectivity index (χ0n) is 20.2. The molecule has 8 nitrogen and oxygen atoms in total. The Kier molecular flexibility index (Phi) is 8.38. The highest BCUT2D eigenvalue weighted by Gasteiger charge is 2.12. The van der Waals surface area contributed by atoms with Crippen molar-refractivity contribution in [2.45, 2.75) is 13.3 Å². The third kappa shape index (κ3) is 6.88. The van der Waals surface area contributed by atoms with Gasteiger partial charge in [-0.3, -0.25) is 9.59 Å². The molecule has 4 rings (SSSR count). The molecule has 0 atom stereocenters. The molecule has 4 aromatic rings. The van der Waals surface area contributed by atoms with Gasteiger partial charge in [0.15, 0.2) is 0 Å². The molecule has 2 N–H and O–H groups in total. The summed E-state index contributed by atoms with van der Waals surface area (Å²) in [5, 5.41) is 11.3. The second-order valence-corrected chi connectivity index (χ2v) is 8.07. The van der Waals surface area contributed by atoms with Crippen LogP contribution >= 0.6 is 0 Å². The second-order valence-electron chi connectivity index (χ2n) is 8.07. The molecule has 0 aliphatic rings. The largest absolute Gasteiger partial charge is 0.494 e. The van der Waals surface area contributed by atoms with Crippen molar-refractivity contribution in [1.82, 2.24) is 20.5 Å². The van der Waals surface area contributed by atoms with Gasteiger partial charge < -0.3 is 10.1 Å². The molecular weight excluding hydrogens is 473 g/mol. The Morgan fingerprint density at radius 3 is 2.46 bits per heavy atom. The van der Waals surface area contributed by atoms with Crippen molar-refractivity contribution in [2.24, 2.45) is 5.10 Å². The normalized spacial score (nSPS) is 10.9. The van der Waals surface area contributed by atoms with Gasteiger partial charge in [0.1, 0.15) is 17.3 Å². The van der Waals surface area contributed by atoms with Gasteiger partial charge in [0.2, 0.25) is 0 Å². The fourth-order valence-electron chi connectivity index (χ4n) is 3.43. The summed E-state index contributed by atoms with van der Waals surface area (Å²) in [6.07, 6.45) is 4.24. The maximum absolute atomic E-state index is 13.0. The maximum atomic E-state index is 13.0. The lowest BCUT2D eigenvalue weighted by Gasteiger charge is -2.05. The molecule has 0 bridgehead atoms. The summed E-state index contributed by atoms with van der Waals surface area (Å²) in [6.45, 7) is 2.40. The summed E-state index contributed by atoms with van der Waals surface area (Å²) < 4.78 is 20.4. The highest BCUT2D eigenvalue weighted by molar-refractivity contribution is 5.96. The van der Waals surface area contributed by atoms with E-state index < -0.39 is 17.6 Å². The third-order valence-corrected chi connectivity index (χ3v) is 5.27. The van der Waals surface area contributed by atoms with E-state index in [0.29, 0.717) is 17.9 Å². The van der Waals surface area contributed by atoms with Gasteiger partial charge in [0.25, 0.3) is 11.8 Å². The number of amides is 2. The van der Waals surface area contributed by atoms with E-state index in [1.807, 2.05) is 60.8 Å². The van der Waals surface area contributed by atoms with Gasteiger partial charge in [-0.05, 0) is 67.1 Å². The van der Waals surface area contributed by atoms with Gasteiger partial charge in [-0.15, -0.1) is 0 Å². The molecule has 0 saturated heterocycles. The van der Waals surface area contributed by atoms with E-state index in [1.165, 1.54) is 30.5 Å². The average molecular weight is 500 g/mol. The van der Waals surface area contributed by atoms with Crippen LogP contribution in [0.4, 0.5) is 4.39 Å². The highest BCUT2D eigenvalue weighted by Crippen LogP contribution is 2.25. The first-order valence-electron chi connectivity index (χ1n) is 11.8. The standard InChI is InChI=1S/C28H26FN5O3/c1-2-16-37-25-14-10-20(11-15-25)27-22(19-34(33-27)24-6-4-3-5-7-24)17-31-32-26(35)18-30-28(36)21-8-12-23(29)13-9-21/h3-15,17,19H,2,16,18H2,1H3,(H,30,36)(H,32,35)/b31-17-. The zero-order chi connectivity index (χ0) is 26.0. The van der Waals surface area contributed by atoms with Crippen LogP contribution in [0, 0.1) is 5.82 Å². The molecule has 0 saturated carbocycles. The summed E-state index contributed by atoms with van der Waals surface area (Å²) in [4.78, 5) is 24.3. The SMILES string of the molecule is CCCOc1ccc(-c2nn(-c3ccccc3)cc2/C=N\NC(=O)CNC(=O)c2ccc(F)cc2)cc1. The van der Waals surface area contributed by atoms with Crippen molar-refractivity contribution < 1.29 is 18.7 Å². The number of carbonyl (C=O) groups is 2. The van der Waals surface area contributed by atoms with Crippen molar-refractivity contribution >= 4 is 18.0 Å². The summed E-state index contributed by atoms with van der Waals surface area (Å²) in [5.41, 5.74) is 5.75. The number of aromatic nitrogens is 2. The molecule has 9 heteroatoms. The Hall–Kier alpha value is -4.79. The molecule has 0 aliphatic heterocycles.